The molecule has 1 unspecified atom stereocenters. The molecular formula is C15H22N2O5S. The highest BCUT2D eigenvalue weighted by molar-refractivity contribution is 7.90. The molecule has 0 aromatic heterocycles. The van der Waals surface area contributed by atoms with Gasteiger partial charge in [0.05, 0.1) is 22.1 Å². The van der Waals surface area contributed by atoms with E-state index in [0.29, 0.717) is 31.4 Å². The van der Waals surface area contributed by atoms with Gasteiger partial charge in [0.2, 0.25) is 0 Å². The minimum absolute atomic E-state index is 0.0174. The van der Waals surface area contributed by atoms with E-state index in [1.54, 1.807) is 0 Å². The van der Waals surface area contributed by atoms with Crippen molar-refractivity contribution < 1.29 is 18.1 Å². The SMILES string of the molecule is CCOCC1CCCN(c2ccc([N+](=O)[O-])cc2S(C)(=O)=O)C1. The molecule has 1 aromatic carbocycles. The van der Waals surface area contributed by atoms with Crippen molar-refractivity contribution in [3.8, 4) is 0 Å². The van der Waals surface area contributed by atoms with Crippen molar-refractivity contribution in [1.82, 2.24) is 0 Å². The quantitative estimate of drug-likeness (QED) is 0.582. The van der Waals surface area contributed by atoms with Gasteiger partial charge in [0.1, 0.15) is 0 Å². The summed E-state index contributed by atoms with van der Waals surface area (Å²) in [5, 5.41) is 10.9. The average Bonchev–Trinajstić information content (AvgIpc) is 2.51. The van der Waals surface area contributed by atoms with Crippen molar-refractivity contribution >= 4 is 21.2 Å². The van der Waals surface area contributed by atoms with E-state index in [-0.39, 0.29) is 10.6 Å². The predicted molar refractivity (Wildman–Crippen MR) is 87.6 cm³/mol. The first-order valence-electron chi connectivity index (χ1n) is 7.64. The summed E-state index contributed by atoms with van der Waals surface area (Å²) in [6, 6.07) is 4.05. The number of nitrogens with zero attached hydrogens (tertiary/aromatic N) is 2. The third-order valence-electron chi connectivity index (χ3n) is 3.97. The van der Waals surface area contributed by atoms with Gasteiger partial charge in [-0.25, -0.2) is 8.42 Å². The zero-order chi connectivity index (χ0) is 17.0. The number of hydrogen-bond acceptors (Lipinski definition) is 6. The van der Waals surface area contributed by atoms with Crippen LogP contribution >= 0.6 is 0 Å². The van der Waals surface area contributed by atoms with Crippen LogP contribution in [0, 0.1) is 16.0 Å². The molecule has 0 bridgehead atoms. The monoisotopic (exact) mass is 342 g/mol. The molecule has 1 fully saturated rings. The molecule has 1 aliphatic heterocycles. The highest BCUT2D eigenvalue weighted by Crippen LogP contribution is 2.32. The molecule has 1 heterocycles. The molecule has 1 aromatic rings. The number of piperidine rings is 1. The van der Waals surface area contributed by atoms with E-state index in [1.165, 1.54) is 12.1 Å². The number of benzene rings is 1. The molecule has 128 valence electrons. The first kappa shape index (κ1) is 17.7. The number of rotatable bonds is 6. The molecule has 0 spiro atoms. The summed E-state index contributed by atoms with van der Waals surface area (Å²) < 4.78 is 29.6. The van der Waals surface area contributed by atoms with Crippen molar-refractivity contribution in [3.63, 3.8) is 0 Å². The molecule has 1 atom stereocenters. The second-order valence-electron chi connectivity index (χ2n) is 5.80. The zero-order valence-electron chi connectivity index (χ0n) is 13.4. The average molecular weight is 342 g/mol. The Morgan fingerprint density at radius 3 is 2.78 bits per heavy atom. The van der Waals surface area contributed by atoms with E-state index in [9.17, 15) is 18.5 Å². The van der Waals surface area contributed by atoms with Crippen molar-refractivity contribution in [2.75, 3.05) is 37.5 Å². The normalized spacial score (nSPS) is 18.9. The number of anilines is 1. The molecule has 0 aliphatic carbocycles. The Morgan fingerprint density at radius 1 is 1.43 bits per heavy atom. The Morgan fingerprint density at radius 2 is 2.17 bits per heavy atom. The molecule has 1 saturated heterocycles. The van der Waals surface area contributed by atoms with Crippen LogP contribution in [0.25, 0.3) is 0 Å². The molecule has 0 saturated carbocycles. The number of non-ortho nitro benzene ring substituents is 1. The standard InChI is InChI=1S/C15H22N2O5S/c1-3-22-11-12-5-4-8-16(10-12)14-7-6-13(17(18)19)9-15(14)23(2,20)21/h6-7,9,12H,3-5,8,10-11H2,1-2H3. The zero-order valence-corrected chi connectivity index (χ0v) is 14.2. The van der Waals surface area contributed by atoms with Crippen molar-refractivity contribution in [2.45, 2.75) is 24.7 Å². The van der Waals surface area contributed by atoms with Gasteiger partial charge < -0.3 is 9.64 Å². The lowest BCUT2D eigenvalue weighted by atomic mass is 9.98. The van der Waals surface area contributed by atoms with E-state index >= 15 is 0 Å². The lowest BCUT2D eigenvalue weighted by Crippen LogP contribution is -2.38. The summed E-state index contributed by atoms with van der Waals surface area (Å²) in [6.07, 6.45) is 3.06. The maximum Gasteiger partial charge on any atom is 0.270 e. The highest BCUT2D eigenvalue weighted by atomic mass is 32.2. The van der Waals surface area contributed by atoms with Crippen LogP contribution in [0.1, 0.15) is 19.8 Å². The van der Waals surface area contributed by atoms with Crippen molar-refractivity contribution in [3.05, 3.63) is 28.3 Å². The van der Waals surface area contributed by atoms with Crippen LogP contribution in [-0.2, 0) is 14.6 Å². The third kappa shape index (κ3) is 4.42. The smallest absolute Gasteiger partial charge is 0.270 e. The predicted octanol–water partition coefficient (Wildman–Crippen LogP) is 2.25. The second-order valence-corrected chi connectivity index (χ2v) is 7.78. The first-order valence-corrected chi connectivity index (χ1v) is 9.53. The molecule has 0 amide bonds. The van der Waals surface area contributed by atoms with Gasteiger partial charge in [-0.3, -0.25) is 10.1 Å². The Labute approximate surface area is 136 Å². The molecular weight excluding hydrogens is 320 g/mol. The number of ether oxygens (including phenoxy) is 1. The molecule has 23 heavy (non-hydrogen) atoms. The van der Waals surface area contributed by atoms with E-state index in [2.05, 4.69) is 0 Å². The Kier molecular flexibility index (Phi) is 5.59. The molecule has 7 nitrogen and oxygen atoms in total. The van der Waals surface area contributed by atoms with Gasteiger partial charge in [0.25, 0.3) is 5.69 Å². The highest BCUT2D eigenvalue weighted by Gasteiger charge is 2.26. The number of nitro groups is 1. The summed E-state index contributed by atoms with van der Waals surface area (Å²) >= 11 is 0. The minimum atomic E-state index is -3.55. The number of hydrogen-bond donors (Lipinski definition) is 0. The van der Waals surface area contributed by atoms with E-state index in [0.717, 1.165) is 31.7 Å². The lowest BCUT2D eigenvalue weighted by molar-refractivity contribution is -0.385. The van der Waals surface area contributed by atoms with Gasteiger partial charge in [-0.15, -0.1) is 0 Å². The van der Waals surface area contributed by atoms with Crippen LogP contribution in [0.3, 0.4) is 0 Å². The maximum absolute atomic E-state index is 12.1. The number of sulfone groups is 1. The fourth-order valence-corrected chi connectivity index (χ4v) is 3.79. The summed E-state index contributed by atoms with van der Waals surface area (Å²) in [7, 11) is -3.55. The van der Waals surface area contributed by atoms with Crippen molar-refractivity contribution in [1.29, 1.82) is 0 Å². The van der Waals surface area contributed by atoms with Crippen molar-refractivity contribution in [2.24, 2.45) is 5.92 Å². The van der Waals surface area contributed by atoms with Gasteiger partial charge in [-0.05, 0) is 31.7 Å². The fraction of sp³-hybridized carbons (Fsp3) is 0.600. The first-order chi connectivity index (χ1) is 10.8. The Hall–Kier alpha value is -1.67. The van der Waals surface area contributed by atoms with Crippen LogP contribution in [0.15, 0.2) is 23.1 Å². The van der Waals surface area contributed by atoms with Gasteiger partial charge in [-0.2, -0.15) is 0 Å². The third-order valence-corrected chi connectivity index (χ3v) is 5.10. The fourth-order valence-electron chi connectivity index (χ4n) is 2.88. The van der Waals surface area contributed by atoms with Crippen LogP contribution in [0.5, 0.6) is 0 Å². The van der Waals surface area contributed by atoms with Crippen LogP contribution in [0.2, 0.25) is 0 Å². The Balaban J connectivity index is 2.32. The molecule has 1 aliphatic rings. The van der Waals surface area contributed by atoms with Gasteiger partial charge in [0.15, 0.2) is 9.84 Å². The van der Waals surface area contributed by atoms with Crippen LogP contribution in [-0.4, -0.2) is 45.9 Å². The van der Waals surface area contributed by atoms with E-state index in [4.69, 9.17) is 4.74 Å². The maximum atomic E-state index is 12.1. The molecule has 0 N–H and O–H groups in total. The lowest BCUT2D eigenvalue weighted by Gasteiger charge is -2.35. The van der Waals surface area contributed by atoms with E-state index < -0.39 is 14.8 Å². The van der Waals surface area contributed by atoms with Gasteiger partial charge in [0, 0.05) is 38.1 Å². The van der Waals surface area contributed by atoms with Crippen LogP contribution in [0.4, 0.5) is 11.4 Å². The number of nitro benzene ring substituents is 1. The summed E-state index contributed by atoms with van der Waals surface area (Å²) in [6.45, 7) is 4.68. The van der Waals surface area contributed by atoms with E-state index in [1.807, 2.05) is 11.8 Å². The molecule has 2 rings (SSSR count). The topological polar surface area (TPSA) is 89.8 Å². The molecule has 0 radical (unpaired) electrons. The van der Waals surface area contributed by atoms with Gasteiger partial charge >= 0.3 is 0 Å². The minimum Gasteiger partial charge on any atom is -0.381 e. The Bertz CT molecular complexity index is 674. The summed E-state index contributed by atoms with van der Waals surface area (Å²) in [5.74, 6) is 0.339. The van der Waals surface area contributed by atoms with Gasteiger partial charge in [-0.1, -0.05) is 0 Å². The largest absolute Gasteiger partial charge is 0.381 e. The summed E-state index contributed by atoms with van der Waals surface area (Å²) in [5.41, 5.74) is 0.330. The molecule has 8 heteroatoms. The van der Waals surface area contributed by atoms with Crippen LogP contribution < -0.4 is 4.90 Å². The summed E-state index contributed by atoms with van der Waals surface area (Å²) in [4.78, 5) is 12.4. The second kappa shape index (κ2) is 7.27.